The second kappa shape index (κ2) is 7.27. The van der Waals surface area contributed by atoms with Crippen LogP contribution >= 0.6 is 15.9 Å². The summed E-state index contributed by atoms with van der Waals surface area (Å²) < 4.78 is 14.2. The van der Waals surface area contributed by atoms with Crippen LogP contribution in [0.2, 0.25) is 0 Å². The van der Waals surface area contributed by atoms with Gasteiger partial charge in [-0.05, 0) is 50.2 Å². The van der Waals surface area contributed by atoms with Gasteiger partial charge in [0.1, 0.15) is 11.5 Å². The van der Waals surface area contributed by atoms with Gasteiger partial charge in [-0.3, -0.25) is 4.79 Å². The third kappa shape index (κ3) is 3.54. The second-order valence-corrected chi connectivity index (χ2v) is 7.71. The molecule has 1 aliphatic rings. The zero-order valence-corrected chi connectivity index (χ0v) is 16.9. The molecule has 5 nitrogen and oxygen atoms in total. The van der Waals surface area contributed by atoms with Crippen LogP contribution in [0.15, 0.2) is 51.6 Å². The van der Waals surface area contributed by atoms with Crippen LogP contribution in [0.3, 0.4) is 0 Å². The zero-order chi connectivity index (χ0) is 19.0. The van der Waals surface area contributed by atoms with E-state index >= 15 is 0 Å². The van der Waals surface area contributed by atoms with Gasteiger partial charge in [-0.2, -0.15) is 0 Å². The monoisotopic (exact) mass is 428 g/mol. The van der Waals surface area contributed by atoms with E-state index in [4.69, 9.17) is 9.15 Å². The molecule has 0 aliphatic carbocycles. The van der Waals surface area contributed by atoms with E-state index in [2.05, 4.69) is 25.8 Å². The molecule has 1 N–H and O–H groups in total. The third-order valence-corrected chi connectivity index (χ3v) is 5.52. The zero-order valence-electron chi connectivity index (χ0n) is 15.3. The fourth-order valence-corrected chi connectivity index (χ4v) is 3.96. The van der Waals surface area contributed by atoms with Gasteiger partial charge in [0.25, 0.3) is 5.91 Å². The highest BCUT2D eigenvalue weighted by atomic mass is 79.9. The summed E-state index contributed by atoms with van der Waals surface area (Å²) in [4.78, 5) is 13.0. The molecule has 1 amide bonds. The Morgan fingerprint density at radius 1 is 1.30 bits per heavy atom. The molecule has 1 atom stereocenters. The van der Waals surface area contributed by atoms with E-state index in [1.54, 1.807) is 6.26 Å². The fraction of sp³-hybridized carbons (Fsp3) is 0.286. The molecule has 27 heavy (non-hydrogen) atoms. The molecule has 0 fully saturated rings. The van der Waals surface area contributed by atoms with E-state index in [9.17, 15) is 4.79 Å². The number of carbonyl (C=O) groups excluding carboxylic acids is 1. The maximum Gasteiger partial charge on any atom is 0.253 e. The Hall–Kier alpha value is -2.47. The summed E-state index contributed by atoms with van der Waals surface area (Å²) in [5, 5.41) is 3.18. The predicted molar refractivity (Wildman–Crippen MR) is 106 cm³/mol. The number of furan rings is 1. The topological polar surface area (TPSA) is 56.4 Å². The van der Waals surface area contributed by atoms with Gasteiger partial charge >= 0.3 is 0 Å². The van der Waals surface area contributed by atoms with Crippen molar-refractivity contribution < 1.29 is 13.9 Å². The first-order valence-electron chi connectivity index (χ1n) is 8.95. The molecule has 0 radical (unpaired) electrons. The Balaban J connectivity index is 1.57. The van der Waals surface area contributed by atoms with Gasteiger partial charge in [0.2, 0.25) is 0 Å². The SMILES string of the molecule is Cc1cc(C(=O)NC2CCOc3ccc(Br)cc32)c(C)n1Cc1ccco1. The maximum atomic E-state index is 13.0. The van der Waals surface area contributed by atoms with E-state index in [0.29, 0.717) is 18.7 Å². The number of aryl methyl sites for hydroxylation is 1. The number of hydrogen-bond acceptors (Lipinski definition) is 3. The molecule has 0 spiro atoms. The number of aromatic nitrogens is 1. The van der Waals surface area contributed by atoms with Crippen molar-refractivity contribution in [3.8, 4) is 5.75 Å². The number of benzene rings is 1. The summed E-state index contributed by atoms with van der Waals surface area (Å²) in [6.45, 7) is 5.19. The standard InChI is InChI=1S/C21H21BrN2O3/c1-13-10-17(14(2)24(13)12-16-4-3-8-26-16)21(25)23-19-7-9-27-20-6-5-15(22)11-18(19)20/h3-6,8,10-11,19H,7,9,12H2,1-2H3,(H,23,25). The van der Waals surface area contributed by atoms with Crippen molar-refractivity contribution >= 4 is 21.8 Å². The molecule has 4 rings (SSSR count). The Morgan fingerprint density at radius 2 is 2.15 bits per heavy atom. The summed E-state index contributed by atoms with van der Waals surface area (Å²) in [6.07, 6.45) is 2.41. The molecule has 2 aromatic heterocycles. The predicted octanol–water partition coefficient (Wildman–Crippen LogP) is 4.76. The van der Waals surface area contributed by atoms with E-state index < -0.39 is 0 Å². The molecule has 1 aromatic carbocycles. The Kier molecular flexibility index (Phi) is 4.83. The van der Waals surface area contributed by atoms with Crippen molar-refractivity contribution in [1.29, 1.82) is 0 Å². The normalized spacial score (nSPS) is 15.9. The van der Waals surface area contributed by atoms with E-state index in [1.807, 2.05) is 50.2 Å². The lowest BCUT2D eigenvalue weighted by atomic mass is 10.00. The van der Waals surface area contributed by atoms with Crippen LogP contribution in [0.1, 0.15) is 45.5 Å². The summed E-state index contributed by atoms with van der Waals surface area (Å²) in [5.74, 6) is 1.64. The van der Waals surface area contributed by atoms with E-state index in [1.165, 1.54) is 0 Å². The Morgan fingerprint density at radius 3 is 2.93 bits per heavy atom. The van der Waals surface area contributed by atoms with Gasteiger partial charge in [-0.25, -0.2) is 0 Å². The summed E-state index contributed by atoms with van der Waals surface area (Å²) in [6, 6.07) is 11.6. The first-order chi connectivity index (χ1) is 13.0. The third-order valence-electron chi connectivity index (χ3n) is 5.03. The van der Waals surface area contributed by atoms with Gasteiger partial charge in [0.05, 0.1) is 31.0 Å². The van der Waals surface area contributed by atoms with Crippen LogP contribution < -0.4 is 10.1 Å². The number of halogens is 1. The summed E-state index contributed by atoms with van der Waals surface area (Å²) in [7, 11) is 0. The number of hydrogen-bond donors (Lipinski definition) is 1. The number of nitrogens with one attached hydrogen (secondary N) is 1. The van der Waals surface area contributed by atoms with Crippen LogP contribution in [-0.4, -0.2) is 17.1 Å². The quantitative estimate of drug-likeness (QED) is 0.651. The highest BCUT2D eigenvalue weighted by molar-refractivity contribution is 9.10. The average molecular weight is 429 g/mol. The highest BCUT2D eigenvalue weighted by Gasteiger charge is 2.25. The highest BCUT2D eigenvalue weighted by Crippen LogP contribution is 2.34. The van der Waals surface area contributed by atoms with E-state index in [0.717, 1.165) is 39.4 Å². The lowest BCUT2D eigenvalue weighted by molar-refractivity contribution is 0.0924. The molecular formula is C21H21BrN2O3. The lowest BCUT2D eigenvalue weighted by Gasteiger charge is -2.27. The smallest absolute Gasteiger partial charge is 0.253 e. The van der Waals surface area contributed by atoms with Crippen LogP contribution in [0, 0.1) is 13.8 Å². The van der Waals surface area contributed by atoms with Gasteiger partial charge in [-0.1, -0.05) is 15.9 Å². The molecule has 3 heterocycles. The Labute approximate surface area is 166 Å². The van der Waals surface area contributed by atoms with Crippen LogP contribution in [0.5, 0.6) is 5.75 Å². The van der Waals surface area contributed by atoms with Gasteiger partial charge in [0.15, 0.2) is 0 Å². The fourth-order valence-electron chi connectivity index (χ4n) is 3.58. The number of rotatable bonds is 4. The molecule has 1 unspecified atom stereocenters. The summed E-state index contributed by atoms with van der Waals surface area (Å²) in [5.41, 5.74) is 3.67. The largest absolute Gasteiger partial charge is 0.493 e. The molecule has 1 aliphatic heterocycles. The minimum absolute atomic E-state index is 0.0631. The van der Waals surface area contributed by atoms with Crippen molar-refractivity contribution in [2.24, 2.45) is 0 Å². The van der Waals surface area contributed by atoms with Gasteiger partial charge in [0, 0.05) is 27.8 Å². The molecule has 0 saturated heterocycles. The molecule has 0 saturated carbocycles. The first kappa shape index (κ1) is 17.9. The van der Waals surface area contributed by atoms with Crippen LogP contribution in [-0.2, 0) is 6.54 Å². The van der Waals surface area contributed by atoms with Crippen molar-refractivity contribution in [2.75, 3.05) is 6.61 Å². The lowest BCUT2D eigenvalue weighted by Crippen LogP contribution is -2.32. The minimum Gasteiger partial charge on any atom is -0.493 e. The van der Waals surface area contributed by atoms with Crippen LogP contribution in [0.25, 0.3) is 0 Å². The first-order valence-corrected chi connectivity index (χ1v) is 9.74. The molecule has 6 heteroatoms. The molecular weight excluding hydrogens is 408 g/mol. The molecule has 0 bridgehead atoms. The number of carbonyl (C=O) groups is 1. The van der Waals surface area contributed by atoms with Gasteiger partial charge < -0.3 is 19.0 Å². The van der Waals surface area contributed by atoms with Gasteiger partial charge in [-0.15, -0.1) is 0 Å². The number of amides is 1. The number of fused-ring (bicyclic) bond motifs is 1. The van der Waals surface area contributed by atoms with E-state index in [-0.39, 0.29) is 11.9 Å². The number of nitrogens with zero attached hydrogens (tertiary/aromatic N) is 1. The average Bonchev–Trinajstić information content (AvgIpc) is 3.26. The second-order valence-electron chi connectivity index (χ2n) is 6.80. The maximum absolute atomic E-state index is 13.0. The molecule has 140 valence electrons. The minimum atomic E-state index is -0.0633. The van der Waals surface area contributed by atoms with Crippen molar-refractivity contribution in [2.45, 2.75) is 32.9 Å². The summed E-state index contributed by atoms with van der Waals surface area (Å²) >= 11 is 3.50. The van der Waals surface area contributed by atoms with Crippen molar-refractivity contribution in [1.82, 2.24) is 9.88 Å². The number of ether oxygens (including phenoxy) is 1. The van der Waals surface area contributed by atoms with Crippen LogP contribution in [0.4, 0.5) is 0 Å². The Bertz CT molecular complexity index is 976. The van der Waals surface area contributed by atoms with Crippen molar-refractivity contribution in [3.05, 3.63) is 75.4 Å². The van der Waals surface area contributed by atoms with Crippen molar-refractivity contribution in [3.63, 3.8) is 0 Å². The molecule has 3 aromatic rings.